The van der Waals surface area contributed by atoms with Crippen molar-refractivity contribution < 1.29 is 42.3 Å². The number of hydrogen-bond acceptors (Lipinski definition) is 9. The van der Waals surface area contributed by atoms with E-state index in [-0.39, 0.29) is 29.0 Å². The topological polar surface area (TPSA) is 122 Å². The number of carbonyl (C=O) groups excluding carboxylic acids is 4. The van der Waals surface area contributed by atoms with Crippen LogP contribution in [0.3, 0.4) is 0 Å². The Bertz CT molecular complexity index is 1900. The van der Waals surface area contributed by atoms with Crippen molar-refractivity contribution >= 4 is 49.4 Å². The van der Waals surface area contributed by atoms with Crippen molar-refractivity contribution in [3.63, 3.8) is 0 Å². The Hall–Kier alpha value is -4.10. The number of aryl methyl sites for hydroxylation is 1. The smallest absolute Gasteiger partial charge is 0.338 e. The zero-order valence-corrected chi connectivity index (χ0v) is 34.8. The van der Waals surface area contributed by atoms with E-state index in [0.717, 1.165) is 23.3 Å². The first-order valence-electron chi connectivity index (χ1n) is 18.6. The molecule has 294 valence electrons. The second-order valence-corrected chi connectivity index (χ2v) is 17.4. The lowest BCUT2D eigenvalue weighted by Crippen LogP contribution is -2.36. The summed E-state index contributed by atoms with van der Waals surface area (Å²) in [6.07, 6.45) is 2.67. The van der Waals surface area contributed by atoms with Crippen LogP contribution in [0.1, 0.15) is 104 Å². The van der Waals surface area contributed by atoms with E-state index in [1.165, 1.54) is 6.07 Å². The van der Waals surface area contributed by atoms with Crippen LogP contribution in [0, 0.1) is 6.92 Å². The molecule has 0 saturated carbocycles. The molecule has 0 bridgehead atoms. The third-order valence-corrected chi connectivity index (χ3v) is 12.9. The highest BCUT2D eigenvalue weighted by Gasteiger charge is 2.40. The first kappa shape index (κ1) is 45.3. The lowest BCUT2D eigenvalue weighted by atomic mass is 9.93. The first-order chi connectivity index (χ1) is 26.3. The molecule has 4 rings (SSSR count). The number of Topliss-reactive ketones (excluding diaryl/α,β-unsaturated/α-hetero) is 1. The number of benzene rings is 4. The van der Waals surface area contributed by atoms with E-state index in [4.69, 9.17) is 18.5 Å². The molecule has 0 spiro atoms. The van der Waals surface area contributed by atoms with Gasteiger partial charge in [-0.2, -0.15) is 0 Å². The van der Waals surface area contributed by atoms with Gasteiger partial charge in [0, 0.05) is 34.9 Å². The van der Waals surface area contributed by atoms with Gasteiger partial charge in [0.2, 0.25) is 0 Å². The highest BCUT2D eigenvalue weighted by atomic mass is 31.2. The van der Waals surface area contributed by atoms with Gasteiger partial charge in [0.25, 0.3) is 5.52 Å². The molecule has 55 heavy (non-hydrogen) atoms. The minimum Gasteiger partial charge on any atom is -0.456 e. The molecule has 0 aliphatic heterocycles. The van der Waals surface area contributed by atoms with Crippen LogP contribution in [-0.4, -0.2) is 54.3 Å². The fourth-order valence-corrected chi connectivity index (χ4v) is 8.68. The van der Waals surface area contributed by atoms with Gasteiger partial charge in [0.05, 0.1) is 12.2 Å². The van der Waals surface area contributed by atoms with Gasteiger partial charge in [-0.25, -0.2) is 4.79 Å². The second kappa shape index (κ2) is 21.8. The molecular formula is C44H54O9P2. The molecule has 0 radical (unpaired) electrons. The summed E-state index contributed by atoms with van der Waals surface area (Å²) < 4.78 is 36.7. The Morgan fingerprint density at radius 2 is 1.29 bits per heavy atom. The third-order valence-electron chi connectivity index (χ3n) is 9.01. The van der Waals surface area contributed by atoms with E-state index in [0.29, 0.717) is 38.0 Å². The van der Waals surface area contributed by atoms with E-state index in [1.807, 2.05) is 76.2 Å². The molecule has 0 amide bonds. The molecule has 3 unspecified atom stereocenters. The van der Waals surface area contributed by atoms with Crippen LogP contribution in [0.25, 0.3) is 0 Å². The number of hydrogen-bond donors (Lipinski definition) is 0. The predicted octanol–water partition coefficient (Wildman–Crippen LogP) is 9.88. The summed E-state index contributed by atoms with van der Waals surface area (Å²) in [5.74, 6) is -0.724. The van der Waals surface area contributed by atoms with Gasteiger partial charge >= 0.3 is 13.3 Å². The first-order valence-corrected chi connectivity index (χ1v) is 21.6. The molecule has 3 atom stereocenters. The maximum atomic E-state index is 13.9. The van der Waals surface area contributed by atoms with Crippen LogP contribution in [0.15, 0.2) is 109 Å². The number of unbranched alkanes of at least 4 members (excludes halogenated alkanes) is 1. The SMILES string of the molecule is CCOP(=O)(C(=O)c1ccccc1C(=O)C(C)(C)OCCCCC(C)(CC)OC(=O)c1ccccc1C)c1ccccc1.CCOP(C=O)c1ccccc1. The van der Waals surface area contributed by atoms with Gasteiger partial charge in [0.15, 0.2) is 11.8 Å². The van der Waals surface area contributed by atoms with Gasteiger partial charge in [-0.15, -0.1) is 0 Å². The Morgan fingerprint density at radius 3 is 1.85 bits per heavy atom. The summed E-state index contributed by atoms with van der Waals surface area (Å²) in [4.78, 5) is 50.8. The molecular weight excluding hydrogens is 734 g/mol. The molecule has 0 fully saturated rings. The van der Waals surface area contributed by atoms with Crippen LogP contribution in [0.5, 0.6) is 0 Å². The van der Waals surface area contributed by atoms with E-state index in [9.17, 15) is 23.7 Å². The molecule has 0 aromatic heterocycles. The summed E-state index contributed by atoms with van der Waals surface area (Å²) in [6, 6.07) is 32.5. The van der Waals surface area contributed by atoms with Crippen LogP contribution in [-0.2, 0) is 27.9 Å². The zero-order valence-electron chi connectivity index (χ0n) is 33.0. The normalized spacial score (nSPS) is 13.9. The maximum absolute atomic E-state index is 13.9. The molecule has 4 aromatic carbocycles. The van der Waals surface area contributed by atoms with E-state index in [1.54, 1.807) is 75.4 Å². The van der Waals surface area contributed by atoms with Crippen molar-refractivity contribution in [3.05, 3.63) is 131 Å². The minimum absolute atomic E-state index is 0.0407. The Morgan fingerprint density at radius 1 is 0.727 bits per heavy atom. The van der Waals surface area contributed by atoms with Crippen molar-refractivity contribution in [1.82, 2.24) is 0 Å². The fourth-order valence-electron chi connectivity index (χ4n) is 5.66. The van der Waals surface area contributed by atoms with Gasteiger partial charge in [-0.05, 0) is 91.0 Å². The summed E-state index contributed by atoms with van der Waals surface area (Å²) in [7, 11) is -4.99. The predicted molar refractivity (Wildman–Crippen MR) is 221 cm³/mol. The molecule has 0 saturated heterocycles. The molecule has 11 heteroatoms. The summed E-state index contributed by atoms with van der Waals surface area (Å²) in [6.45, 7) is 13.6. The molecule has 9 nitrogen and oxygen atoms in total. The Balaban J connectivity index is 0.000000574. The maximum Gasteiger partial charge on any atom is 0.338 e. The van der Waals surface area contributed by atoms with Crippen LogP contribution < -0.4 is 10.6 Å². The summed E-state index contributed by atoms with van der Waals surface area (Å²) in [5, 5.41) is 1.26. The monoisotopic (exact) mass is 788 g/mol. The standard InChI is InChI=1S/C35H43O7P.C9H11O2P/c1-7-35(6,42-32(37)28-21-13-12-18-26(28)3)24-16-17-25-40-34(4,5)31(36)29-22-14-15-23-30(29)33(38)43(39,41-8-2)27-19-10-9-11-20-27;1-2-11-12(8-10)9-6-4-3-5-7-9/h9-15,18-23H,7-8,16-17,24-25H2,1-6H3;3-8H,2H2,1H3. The lowest BCUT2D eigenvalue weighted by Gasteiger charge is -2.29. The fraction of sp³-hybridized carbons (Fsp3) is 0.364. The molecule has 4 aromatic rings. The van der Waals surface area contributed by atoms with Crippen LogP contribution in [0.4, 0.5) is 0 Å². The molecule has 0 heterocycles. The summed E-state index contributed by atoms with van der Waals surface area (Å²) in [5.41, 5.74) is -0.990. The van der Waals surface area contributed by atoms with Crippen molar-refractivity contribution in [3.8, 4) is 0 Å². The second-order valence-electron chi connectivity index (χ2n) is 13.5. The Kier molecular flexibility index (Phi) is 18.0. The van der Waals surface area contributed by atoms with Crippen molar-refractivity contribution in [2.75, 3.05) is 19.8 Å². The quantitative estimate of drug-likeness (QED) is 0.0283. The van der Waals surface area contributed by atoms with Crippen molar-refractivity contribution in [2.45, 2.75) is 85.4 Å². The third kappa shape index (κ3) is 12.7. The number of rotatable bonds is 20. The number of ketones is 1. The average molecular weight is 789 g/mol. The summed E-state index contributed by atoms with van der Waals surface area (Å²) >= 11 is 0. The van der Waals surface area contributed by atoms with Gasteiger partial charge in [0.1, 0.15) is 19.4 Å². The largest absolute Gasteiger partial charge is 0.456 e. The van der Waals surface area contributed by atoms with Crippen LogP contribution in [0.2, 0.25) is 0 Å². The van der Waals surface area contributed by atoms with E-state index in [2.05, 4.69) is 0 Å². The zero-order chi connectivity index (χ0) is 40.5. The molecule has 0 N–H and O–H groups in total. The van der Waals surface area contributed by atoms with E-state index >= 15 is 0 Å². The van der Waals surface area contributed by atoms with Gasteiger partial charge in [-0.3, -0.25) is 18.9 Å². The van der Waals surface area contributed by atoms with Crippen molar-refractivity contribution in [1.29, 1.82) is 0 Å². The Labute approximate surface area is 327 Å². The molecule has 0 aliphatic carbocycles. The average Bonchev–Trinajstić information content (AvgIpc) is 3.20. The number of esters is 1. The van der Waals surface area contributed by atoms with Gasteiger partial charge < -0.3 is 18.5 Å². The highest BCUT2D eigenvalue weighted by Crippen LogP contribution is 2.49. The van der Waals surface area contributed by atoms with Gasteiger partial charge in [-0.1, -0.05) is 97.9 Å². The lowest BCUT2D eigenvalue weighted by molar-refractivity contribution is -0.0223. The van der Waals surface area contributed by atoms with Crippen LogP contribution >= 0.6 is 15.5 Å². The highest BCUT2D eigenvalue weighted by molar-refractivity contribution is 7.83. The van der Waals surface area contributed by atoms with E-state index < -0.39 is 38.0 Å². The molecule has 0 aliphatic rings. The van der Waals surface area contributed by atoms with Crippen molar-refractivity contribution in [2.24, 2.45) is 0 Å². The number of carbonyl (C=O) groups is 4. The number of ether oxygens (including phenoxy) is 2. The minimum atomic E-state index is -3.95.